The summed E-state index contributed by atoms with van der Waals surface area (Å²) in [4.78, 5) is 18.8. The zero-order valence-corrected chi connectivity index (χ0v) is 26.5. The Hall–Kier alpha value is -3.60. The molecule has 1 amide bonds. The summed E-state index contributed by atoms with van der Waals surface area (Å²) in [6.45, 7) is 14.3. The highest BCUT2D eigenvalue weighted by molar-refractivity contribution is 5.89. The highest BCUT2D eigenvalue weighted by Crippen LogP contribution is 2.34. The van der Waals surface area contributed by atoms with Crippen molar-refractivity contribution in [2.75, 3.05) is 13.1 Å². The molecule has 2 aromatic heterocycles. The maximum absolute atomic E-state index is 12.1. The predicted molar refractivity (Wildman–Crippen MR) is 176 cm³/mol. The number of amides is 1. The fraction of sp³-hybridized carbons (Fsp3) is 0.459. The quantitative estimate of drug-likeness (QED) is 0.154. The molecule has 0 aliphatic heterocycles. The van der Waals surface area contributed by atoms with Gasteiger partial charge < -0.3 is 14.6 Å². The number of pyridine rings is 1. The van der Waals surface area contributed by atoms with E-state index >= 15 is 0 Å². The molecule has 42 heavy (non-hydrogen) atoms. The van der Waals surface area contributed by atoms with Gasteiger partial charge in [0.05, 0.1) is 17.4 Å². The second kappa shape index (κ2) is 14.5. The number of carboxylic acid groups (broad SMARTS) is 1. The second-order valence-corrected chi connectivity index (χ2v) is 11.9. The maximum Gasteiger partial charge on any atom is 0.407 e. The van der Waals surface area contributed by atoms with E-state index in [1.165, 1.54) is 33.2 Å². The zero-order valence-electron chi connectivity index (χ0n) is 26.5. The van der Waals surface area contributed by atoms with E-state index in [1.54, 1.807) is 4.90 Å². The topological polar surface area (TPSA) is 58.4 Å². The summed E-state index contributed by atoms with van der Waals surface area (Å²) in [5.41, 5.74) is 9.69. The highest BCUT2D eigenvalue weighted by Gasteiger charge is 2.21. The third kappa shape index (κ3) is 7.06. The minimum atomic E-state index is -0.813. The largest absolute Gasteiger partial charge is 0.465 e. The summed E-state index contributed by atoms with van der Waals surface area (Å²) < 4.78 is 2.26. The van der Waals surface area contributed by atoms with E-state index in [0.717, 1.165) is 61.8 Å². The van der Waals surface area contributed by atoms with Gasteiger partial charge in [0.25, 0.3) is 0 Å². The molecule has 224 valence electrons. The Balaban J connectivity index is 1.80. The summed E-state index contributed by atoms with van der Waals surface area (Å²) in [6.07, 6.45) is 10.2. The molecule has 0 bridgehead atoms. The Morgan fingerprint density at radius 2 is 1.64 bits per heavy atom. The minimum absolute atomic E-state index is 0.232. The normalized spacial score (nSPS) is 12.3. The smallest absolute Gasteiger partial charge is 0.407 e. The molecule has 0 saturated carbocycles. The molecule has 0 radical (unpaired) electrons. The van der Waals surface area contributed by atoms with Crippen LogP contribution in [0.2, 0.25) is 0 Å². The van der Waals surface area contributed by atoms with Crippen LogP contribution in [0.5, 0.6) is 0 Å². The summed E-state index contributed by atoms with van der Waals surface area (Å²) in [5, 5.41) is 11.1. The Bertz CT molecular complexity index is 1450. The average molecular weight is 568 g/mol. The lowest BCUT2D eigenvalue weighted by molar-refractivity contribution is 0.135. The van der Waals surface area contributed by atoms with E-state index in [4.69, 9.17) is 4.98 Å². The number of fused-ring (bicyclic) bond motifs is 1. The van der Waals surface area contributed by atoms with Crippen LogP contribution in [0.15, 0.2) is 60.9 Å². The summed E-state index contributed by atoms with van der Waals surface area (Å²) >= 11 is 0. The number of unbranched alkanes of at least 4 members (excludes halogenated alkanes) is 2. The van der Waals surface area contributed by atoms with E-state index in [2.05, 4.69) is 101 Å². The van der Waals surface area contributed by atoms with Crippen LogP contribution >= 0.6 is 0 Å². The van der Waals surface area contributed by atoms with Gasteiger partial charge in [0.1, 0.15) is 0 Å². The number of hydrogen-bond acceptors (Lipinski definition) is 2. The molecule has 1 N–H and O–H groups in total. The first-order valence-electron chi connectivity index (χ1n) is 16.0. The van der Waals surface area contributed by atoms with Gasteiger partial charge in [0.15, 0.2) is 0 Å². The first kappa shape index (κ1) is 31.3. The number of benzene rings is 2. The first-order chi connectivity index (χ1) is 20.3. The van der Waals surface area contributed by atoms with Crippen molar-refractivity contribution in [3.63, 3.8) is 0 Å². The fourth-order valence-corrected chi connectivity index (χ4v) is 6.07. The van der Waals surface area contributed by atoms with Gasteiger partial charge >= 0.3 is 6.09 Å². The van der Waals surface area contributed by atoms with Crippen molar-refractivity contribution in [1.82, 2.24) is 14.5 Å². The van der Waals surface area contributed by atoms with Crippen molar-refractivity contribution in [3.05, 3.63) is 83.2 Å². The number of aromatic nitrogens is 2. The number of hydrogen-bond donors (Lipinski definition) is 1. The lowest BCUT2D eigenvalue weighted by atomic mass is 9.93. The SMILES string of the molecule is CCCCCN(CC(CC)Cc1cn(-c2ccc(C(C)C)cc2)c2cnc(-c3c(CC)cccc3CC)cc12)C(=O)O. The van der Waals surface area contributed by atoms with Crippen LogP contribution < -0.4 is 0 Å². The van der Waals surface area contributed by atoms with Crippen LogP contribution in [-0.2, 0) is 19.3 Å². The molecule has 5 nitrogen and oxygen atoms in total. The monoisotopic (exact) mass is 567 g/mol. The van der Waals surface area contributed by atoms with Crippen LogP contribution in [0, 0.1) is 5.92 Å². The van der Waals surface area contributed by atoms with E-state index < -0.39 is 6.09 Å². The first-order valence-corrected chi connectivity index (χ1v) is 16.0. The molecule has 0 fully saturated rings. The van der Waals surface area contributed by atoms with Gasteiger partial charge in [-0.15, -0.1) is 0 Å². The third-order valence-electron chi connectivity index (χ3n) is 8.73. The van der Waals surface area contributed by atoms with Gasteiger partial charge in [-0.25, -0.2) is 4.79 Å². The zero-order chi connectivity index (χ0) is 30.2. The molecule has 0 aliphatic carbocycles. The Kier molecular flexibility index (Phi) is 10.8. The van der Waals surface area contributed by atoms with Gasteiger partial charge in [-0.3, -0.25) is 4.98 Å². The van der Waals surface area contributed by atoms with Gasteiger partial charge in [0, 0.05) is 35.9 Å². The molecule has 1 atom stereocenters. The van der Waals surface area contributed by atoms with E-state index in [0.29, 0.717) is 19.0 Å². The Morgan fingerprint density at radius 1 is 0.952 bits per heavy atom. The predicted octanol–water partition coefficient (Wildman–Crippen LogP) is 9.68. The van der Waals surface area contributed by atoms with Crippen LogP contribution in [0.1, 0.15) is 95.4 Å². The molecular formula is C37H49N3O2. The Labute approximate surface area is 252 Å². The molecule has 2 aromatic carbocycles. The van der Waals surface area contributed by atoms with Gasteiger partial charge in [-0.05, 0) is 78.0 Å². The van der Waals surface area contributed by atoms with E-state index in [1.807, 2.05) is 6.20 Å². The summed E-state index contributed by atoms with van der Waals surface area (Å²) in [5.74, 6) is 0.710. The number of nitrogens with zero attached hydrogens (tertiary/aromatic N) is 3. The van der Waals surface area contributed by atoms with Crippen molar-refractivity contribution in [3.8, 4) is 16.9 Å². The van der Waals surface area contributed by atoms with Crippen LogP contribution in [0.4, 0.5) is 4.79 Å². The standard InChI is InChI=1S/C37H49N3O2/c1-7-11-12-20-39(37(41)42)24-27(8-2)21-31-25-40(32-18-16-30(17-19-32)26(5)6)35-23-38-34(22-33(31)35)36-28(9-3)14-13-15-29(36)10-4/h13-19,22-23,25-27H,7-12,20-21,24H2,1-6H3,(H,41,42). The Morgan fingerprint density at radius 3 is 2.21 bits per heavy atom. The van der Waals surface area contributed by atoms with Crippen molar-refractivity contribution < 1.29 is 9.90 Å². The molecule has 0 aliphatic rings. The van der Waals surface area contributed by atoms with Crippen LogP contribution in [0.25, 0.3) is 27.8 Å². The molecule has 4 aromatic rings. The maximum atomic E-state index is 12.1. The molecule has 4 rings (SSSR count). The molecule has 0 spiro atoms. The molecule has 1 unspecified atom stereocenters. The lowest BCUT2D eigenvalue weighted by Gasteiger charge is -2.24. The van der Waals surface area contributed by atoms with E-state index in [9.17, 15) is 9.90 Å². The van der Waals surface area contributed by atoms with Crippen molar-refractivity contribution in [2.24, 2.45) is 5.92 Å². The number of aryl methyl sites for hydroxylation is 2. The summed E-state index contributed by atoms with van der Waals surface area (Å²) in [7, 11) is 0. The second-order valence-electron chi connectivity index (χ2n) is 11.9. The van der Waals surface area contributed by atoms with Crippen LogP contribution in [0.3, 0.4) is 0 Å². The van der Waals surface area contributed by atoms with Crippen molar-refractivity contribution in [2.45, 2.75) is 92.4 Å². The van der Waals surface area contributed by atoms with Crippen LogP contribution in [-0.4, -0.2) is 38.7 Å². The highest BCUT2D eigenvalue weighted by atomic mass is 16.4. The van der Waals surface area contributed by atoms with Gasteiger partial charge in [-0.1, -0.05) is 91.1 Å². The van der Waals surface area contributed by atoms with Crippen molar-refractivity contribution in [1.29, 1.82) is 0 Å². The van der Waals surface area contributed by atoms with Crippen molar-refractivity contribution >= 4 is 17.0 Å². The van der Waals surface area contributed by atoms with Gasteiger partial charge in [-0.2, -0.15) is 0 Å². The third-order valence-corrected chi connectivity index (χ3v) is 8.73. The fourth-order valence-electron chi connectivity index (χ4n) is 6.07. The molecule has 5 heteroatoms. The van der Waals surface area contributed by atoms with Gasteiger partial charge in [0.2, 0.25) is 0 Å². The lowest BCUT2D eigenvalue weighted by Crippen LogP contribution is -2.35. The molecule has 2 heterocycles. The average Bonchev–Trinajstić information content (AvgIpc) is 3.36. The summed E-state index contributed by atoms with van der Waals surface area (Å²) in [6, 6.07) is 17.7. The molecule has 0 saturated heterocycles. The molecular weight excluding hydrogens is 518 g/mol. The minimum Gasteiger partial charge on any atom is -0.465 e. The van der Waals surface area contributed by atoms with E-state index in [-0.39, 0.29) is 5.92 Å². The number of rotatable bonds is 14. The number of carbonyl (C=O) groups is 1.